The van der Waals surface area contributed by atoms with E-state index >= 15 is 0 Å². The van der Waals surface area contributed by atoms with Crippen LogP contribution in [0.15, 0.2) is 30.3 Å². The van der Waals surface area contributed by atoms with Gasteiger partial charge in [0.15, 0.2) is 0 Å². The minimum Gasteiger partial charge on any atom is -0.383 e. The first-order valence-electron chi connectivity index (χ1n) is 4.74. The minimum absolute atomic E-state index is 0.0433. The monoisotopic (exact) mass is 282 g/mol. The summed E-state index contributed by atoms with van der Waals surface area (Å²) in [6.45, 7) is 1.75. The lowest BCUT2D eigenvalue weighted by Crippen LogP contribution is -2.44. The molecule has 0 aliphatic heterocycles. The van der Waals surface area contributed by atoms with E-state index in [1.807, 2.05) is 30.3 Å². The lowest BCUT2D eigenvalue weighted by molar-refractivity contribution is -0.0366. The summed E-state index contributed by atoms with van der Waals surface area (Å²) in [5.41, 5.74) is -0.505. The Labute approximate surface area is 110 Å². The zero-order valence-electron chi connectivity index (χ0n) is 8.79. The van der Waals surface area contributed by atoms with Gasteiger partial charge in [0.2, 0.25) is 3.79 Å². The zero-order chi connectivity index (χ0) is 12.2. The normalized spacial score (nSPS) is 15.8. The first-order chi connectivity index (χ1) is 7.33. The topological polar surface area (TPSA) is 29.5 Å². The molecule has 1 aromatic rings. The lowest BCUT2D eigenvalue weighted by atomic mass is 10.1. The molecule has 0 saturated heterocycles. The van der Waals surface area contributed by atoms with E-state index in [4.69, 9.17) is 39.5 Å². The Morgan fingerprint density at radius 3 is 2.25 bits per heavy atom. The molecule has 0 aromatic heterocycles. The molecule has 16 heavy (non-hydrogen) atoms. The fraction of sp³-hybridized carbons (Fsp3) is 0.455. The van der Waals surface area contributed by atoms with Gasteiger partial charge in [0, 0.05) is 0 Å². The molecule has 0 amide bonds. The molecule has 0 saturated carbocycles. The molecule has 90 valence electrons. The molecular weight excluding hydrogens is 270 g/mol. The van der Waals surface area contributed by atoms with Crippen LogP contribution in [-0.2, 0) is 11.3 Å². The van der Waals surface area contributed by atoms with Crippen molar-refractivity contribution >= 4 is 34.8 Å². The van der Waals surface area contributed by atoms with Gasteiger partial charge in [0.05, 0.1) is 13.2 Å². The maximum absolute atomic E-state index is 9.81. The summed E-state index contributed by atoms with van der Waals surface area (Å²) in [7, 11) is 0. The van der Waals surface area contributed by atoms with Crippen LogP contribution in [0.5, 0.6) is 0 Å². The lowest BCUT2D eigenvalue weighted by Gasteiger charge is -2.30. The summed E-state index contributed by atoms with van der Waals surface area (Å²) in [5.74, 6) is 0. The second-order valence-corrected chi connectivity index (χ2v) is 6.03. The average Bonchev–Trinajstić information content (AvgIpc) is 2.17. The van der Waals surface area contributed by atoms with Crippen molar-refractivity contribution in [2.45, 2.75) is 22.9 Å². The van der Waals surface area contributed by atoms with Crippen LogP contribution in [0.4, 0.5) is 0 Å². The first kappa shape index (κ1) is 14.1. The van der Waals surface area contributed by atoms with E-state index in [9.17, 15) is 5.11 Å². The van der Waals surface area contributed by atoms with Crippen LogP contribution < -0.4 is 0 Å². The van der Waals surface area contributed by atoms with E-state index in [2.05, 4.69) is 0 Å². The van der Waals surface area contributed by atoms with Crippen molar-refractivity contribution in [1.29, 1.82) is 0 Å². The van der Waals surface area contributed by atoms with E-state index in [-0.39, 0.29) is 6.61 Å². The Morgan fingerprint density at radius 2 is 1.75 bits per heavy atom. The Hall–Kier alpha value is 0.01000. The van der Waals surface area contributed by atoms with Crippen molar-refractivity contribution < 1.29 is 9.84 Å². The molecule has 0 radical (unpaired) electrons. The van der Waals surface area contributed by atoms with E-state index in [0.717, 1.165) is 5.56 Å². The molecule has 5 heteroatoms. The standard InChI is InChI=1S/C11H13Cl3O2/c1-10(15,11(12,13)14)8-16-7-9-5-3-2-4-6-9/h2-6,15H,7-8H2,1H3. The quantitative estimate of drug-likeness (QED) is 0.859. The highest BCUT2D eigenvalue weighted by Gasteiger charge is 2.43. The van der Waals surface area contributed by atoms with Crippen LogP contribution in [0.2, 0.25) is 0 Å². The molecule has 1 rings (SSSR count). The molecule has 0 aliphatic rings. The Balaban J connectivity index is 2.42. The highest BCUT2D eigenvalue weighted by atomic mass is 35.6. The van der Waals surface area contributed by atoms with Gasteiger partial charge in [-0.15, -0.1) is 0 Å². The molecule has 1 unspecified atom stereocenters. The van der Waals surface area contributed by atoms with Crippen molar-refractivity contribution in [3.05, 3.63) is 35.9 Å². The summed E-state index contributed by atoms with van der Waals surface area (Å²) < 4.78 is 3.55. The molecule has 0 heterocycles. The highest BCUT2D eigenvalue weighted by molar-refractivity contribution is 6.68. The van der Waals surface area contributed by atoms with Crippen molar-refractivity contribution in [2.75, 3.05) is 6.61 Å². The average molecular weight is 284 g/mol. The third kappa shape index (κ3) is 4.11. The maximum Gasteiger partial charge on any atom is 0.220 e. The predicted molar refractivity (Wildman–Crippen MR) is 67.0 cm³/mol. The second kappa shape index (κ2) is 5.56. The SMILES string of the molecule is CC(O)(COCc1ccccc1)C(Cl)(Cl)Cl. The van der Waals surface area contributed by atoms with Gasteiger partial charge < -0.3 is 9.84 Å². The number of ether oxygens (including phenoxy) is 1. The molecule has 0 aliphatic carbocycles. The largest absolute Gasteiger partial charge is 0.383 e. The molecule has 2 nitrogen and oxygen atoms in total. The predicted octanol–water partition coefficient (Wildman–Crippen LogP) is 3.32. The smallest absolute Gasteiger partial charge is 0.220 e. The van der Waals surface area contributed by atoms with Crippen LogP contribution in [0.3, 0.4) is 0 Å². The molecule has 0 bridgehead atoms. The number of hydrogen-bond donors (Lipinski definition) is 1. The number of alkyl halides is 3. The third-order valence-corrected chi connectivity index (χ3v) is 3.33. The van der Waals surface area contributed by atoms with Crippen LogP contribution in [0, 0.1) is 0 Å². The van der Waals surface area contributed by atoms with E-state index < -0.39 is 9.39 Å². The van der Waals surface area contributed by atoms with Crippen LogP contribution in [0.25, 0.3) is 0 Å². The third-order valence-electron chi connectivity index (χ3n) is 2.11. The van der Waals surface area contributed by atoms with Crippen molar-refractivity contribution in [3.8, 4) is 0 Å². The maximum atomic E-state index is 9.81. The summed E-state index contributed by atoms with van der Waals surface area (Å²) in [6, 6.07) is 9.58. The highest BCUT2D eigenvalue weighted by Crippen LogP contribution is 2.38. The van der Waals surface area contributed by atoms with E-state index in [1.165, 1.54) is 6.92 Å². The van der Waals surface area contributed by atoms with Crippen molar-refractivity contribution in [2.24, 2.45) is 0 Å². The second-order valence-electron chi connectivity index (χ2n) is 3.75. The van der Waals surface area contributed by atoms with Crippen molar-refractivity contribution in [1.82, 2.24) is 0 Å². The fourth-order valence-electron chi connectivity index (χ4n) is 1.02. The molecular formula is C11H13Cl3O2. The van der Waals surface area contributed by atoms with E-state index in [1.54, 1.807) is 0 Å². The van der Waals surface area contributed by atoms with Gasteiger partial charge >= 0.3 is 0 Å². The summed E-state index contributed by atoms with van der Waals surface area (Å²) >= 11 is 16.8. The summed E-state index contributed by atoms with van der Waals surface area (Å²) in [5, 5.41) is 9.81. The van der Waals surface area contributed by atoms with Crippen LogP contribution in [-0.4, -0.2) is 21.1 Å². The van der Waals surface area contributed by atoms with Crippen LogP contribution >= 0.6 is 34.8 Å². The Kier molecular flexibility index (Phi) is 4.89. The van der Waals surface area contributed by atoms with E-state index in [0.29, 0.717) is 6.61 Å². The van der Waals surface area contributed by atoms with Gasteiger partial charge in [-0.3, -0.25) is 0 Å². The van der Waals surface area contributed by atoms with Crippen molar-refractivity contribution in [3.63, 3.8) is 0 Å². The number of benzene rings is 1. The number of rotatable bonds is 4. The fourth-order valence-corrected chi connectivity index (χ4v) is 1.19. The van der Waals surface area contributed by atoms with Gasteiger partial charge in [-0.25, -0.2) is 0 Å². The van der Waals surface area contributed by atoms with Gasteiger partial charge in [-0.05, 0) is 12.5 Å². The van der Waals surface area contributed by atoms with Gasteiger partial charge in [0.25, 0.3) is 0 Å². The van der Waals surface area contributed by atoms with Gasteiger partial charge in [-0.2, -0.15) is 0 Å². The summed E-state index contributed by atoms with van der Waals surface area (Å²) in [6.07, 6.45) is 0. The Bertz CT molecular complexity index is 320. The minimum atomic E-state index is -1.76. The first-order valence-corrected chi connectivity index (χ1v) is 5.87. The van der Waals surface area contributed by atoms with Crippen LogP contribution in [0.1, 0.15) is 12.5 Å². The molecule has 1 aromatic carbocycles. The molecule has 1 atom stereocenters. The van der Waals surface area contributed by atoms with Gasteiger partial charge in [0.1, 0.15) is 5.60 Å². The zero-order valence-corrected chi connectivity index (χ0v) is 11.1. The Morgan fingerprint density at radius 1 is 1.19 bits per heavy atom. The number of halogens is 3. The molecule has 0 fully saturated rings. The summed E-state index contributed by atoms with van der Waals surface area (Å²) in [4.78, 5) is 0. The van der Waals surface area contributed by atoms with Gasteiger partial charge in [-0.1, -0.05) is 65.1 Å². The molecule has 0 spiro atoms. The molecule has 1 N–H and O–H groups in total. The number of aliphatic hydroxyl groups is 1. The number of hydrogen-bond acceptors (Lipinski definition) is 2.